The summed E-state index contributed by atoms with van der Waals surface area (Å²) in [6.45, 7) is 2.78. The molecule has 0 aromatic rings. The summed E-state index contributed by atoms with van der Waals surface area (Å²) in [5.41, 5.74) is 5.60. The first-order valence-corrected chi connectivity index (χ1v) is 9.16. The summed E-state index contributed by atoms with van der Waals surface area (Å²) < 4.78 is 5.68. The number of piperidine rings is 1. The average Bonchev–Trinajstić information content (AvgIpc) is 3.06. The Morgan fingerprint density at radius 1 is 1.00 bits per heavy atom. The first-order valence-electron chi connectivity index (χ1n) is 9.16. The molecule has 0 unspecified atom stereocenters. The van der Waals surface area contributed by atoms with Crippen molar-refractivity contribution in [3.05, 3.63) is 0 Å². The van der Waals surface area contributed by atoms with Crippen molar-refractivity contribution in [3.63, 3.8) is 0 Å². The van der Waals surface area contributed by atoms with Crippen LogP contribution in [0.2, 0.25) is 0 Å². The van der Waals surface area contributed by atoms with Gasteiger partial charge >= 0.3 is 0 Å². The first-order chi connectivity index (χ1) is 10.8. The molecule has 0 bridgehead atoms. The minimum Gasteiger partial charge on any atom is -0.364 e. The molecule has 0 aromatic heterocycles. The zero-order valence-corrected chi connectivity index (χ0v) is 16.1. The Hall–Kier alpha value is -0.0700. The third-order valence-electron chi connectivity index (χ3n) is 5.63. The lowest BCUT2D eigenvalue weighted by Crippen LogP contribution is -2.50. The topological polar surface area (TPSA) is 67.6 Å². The zero-order valence-electron chi connectivity index (χ0n) is 14.5. The minimum atomic E-state index is -0.273. The third-order valence-corrected chi connectivity index (χ3v) is 5.63. The maximum atomic E-state index is 12.3. The van der Waals surface area contributed by atoms with E-state index in [1.165, 1.54) is 32.1 Å². The molecular formula is C17H33Cl2N3O2. The molecule has 2 saturated heterocycles. The molecule has 3 N–H and O–H groups in total. The van der Waals surface area contributed by atoms with Gasteiger partial charge in [-0.15, -0.1) is 24.8 Å². The molecule has 3 rings (SSSR count). The molecular weight excluding hydrogens is 349 g/mol. The Balaban J connectivity index is 0.00000144. The van der Waals surface area contributed by atoms with Gasteiger partial charge in [0.2, 0.25) is 5.91 Å². The zero-order chi connectivity index (χ0) is 15.4. The van der Waals surface area contributed by atoms with Gasteiger partial charge in [-0.3, -0.25) is 4.79 Å². The van der Waals surface area contributed by atoms with Gasteiger partial charge in [-0.1, -0.05) is 19.3 Å². The monoisotopic (exact) mass is 381 g/mol. The van der Waals surface area contributed by atoms with Crippen LogP contribution in [0.3, 0.4) is 0 Å². The van der Waals surface area contributed by atoms with Crippen LogP contribution in [0, 0.1) is 0 Å². The van der Waals surface area contributed by atoms with E-state index in [1.54, 1.807) is 0 Å². The van der Waals surface area contributed by atoms with Crippen molar-refractivity contribution in [2.45, 2.75) is 82.1 Å². The van der Waals surface area contributed by atoms with E-state index in [-0.39, 0.29) is 42.9 Å². The number of carbonyl (C=O) groups excluding carboxylic acids is 1. The molecule has 2 atom stereocenters. The SMILES string of the molecule is Cl.Cl.NC[C@H]1CC[C@@H](C(=O)NC2CCN(C3CCCCC3)CC2)O1. The third kappa shape index (κ3) is 5.73. The number of nitrogens with zero attached hydrogens (tertiary/aromatic N) is 1. The molecule has 24 heavy (non-hydrogen) atoms. The quantitative estimate of drug-likeness (QED) is 0.783. The van der Waals surface area contributed by atoms with Crippen molar-refractivity contribution in [2.24, 2.45) is 5.73 Å². The lowest BCUT2D eigenvalue weighted by Gasteiger charge is -2.39. The van der Waals surface area contributed by atoms with Crippen molar-refractivity contribution < 1.29 is 9.53 Å². The maximum Gasteiger partial charge on any atom is 0.249 e. The highest BCUT2D eigenvalue weighted by atomic mass is 35.5. The van der Waals surface area contributed by atoms with Crippen LogP contribution in [-0.2, 0) is 9.53 Å². The van der Waals surface area contributed by atoms with Gasteiger partial charge in [0.25, 0.3) is 0 Å². The minimum absolute atomic E-state index is 0. The molecule has 2 heterocycles. The van der Waals surface area contributed by atoms with Gasteiger partial charge in [0.1, 0.15) is 6.10 Å². The normalized spacial score (nSPS) is 29.5. The highest BCUT2D eigenvalue weighted by Crippen LogP contribution is 2.25. The van der Waals surface area contributed by atoms with Crippen LogP contribution in [0.25, 0.3) is 0 Å². The van der Waals surface area contributed by atoms with Gasteiger partial charge in [0, 0.05) is 31.7 Å². The first kappa shape index (κ1) is 22.0. The molecule has 0 radical (unpaired) electrons. The van der Waals surface area contributed by atoms with E-state index < -0.39 is 0 Å². The second kappa shape index (κ2) is 10.8. The molecule has 0 spiro atoms. The lowest BCUT2D eigenvalue weighted by molar-refractivity contribution is -0.132. The van der Waals surface area contributed by atoms with Crippen LogP contribution in [0.15, 0.2) is 0 Å². The Morgan fingerprint density at radius 3 is 2.25 bits per heavy atom. The number of nitrogens with two attached hydrogens (primary N) is 1. The Morgan fingerprint density at radius 2 is 1.67 bits per heavy atom. The van der Waals surface area contributed by atoms with Crippen LogP contribution < -0.4 is 11.1 Å². The molecule has 3 aliphatic rings. The summed E-state index contributed by atoms with van der Waals surface area (Å²) in [5.74, 6) is 0.0760. The molecule has 7 heteroatoms. The number of amides is 1. The second-order valence-corrected chi connectivity index (χ2v) is 7.17. The molecule has 2 aliphatic heterocycles. The number of halogens is 2. The largest absolute Gasteiger partial charge is 0.364 e. The Labute approximate surface area is 158 Å². The molecule has 1 aliphatic carbocycles. The highest BCUT2D eigenvalue weighted by molar-refractivity contribution is 5.85. The maximum absolute atomic E-state index is 12.3. The van der Waals surface area contributed by atoms with Gasteiger partial charge in [0.15, 0.2) is 0 Å². The molecule has 142 valence electrons. The van der Waals surface area contributed by atoms with Crippen molar-refractivity contribution >= 4 is 30.7 Å². The summed E-state index contributed by atoms with van der Waals surface area (Å²) in [7, 11) is 0. The van der Waals surface area contributed by atoms with Gasteiger partial charge in [0.05, 0.1) is 6.10 Å². The lowest BCUT2D eigenvalue weighted by atomic mass is 9.92. The number of hydrogen-bond acceptors (Lipinski definition) is 4. The van der Waals surface area contributed by atoms with E-state index in [4.69, 9.17) is 10.5 Å². The second-order valence-electron chi connectivity index (χ2n) is 7.17. The van der Waals surface area contributed by atoms with E-state index in [1.807, 2.05) is 0 Å². The predicted octanol–water partition coefficient (Wildman–Crippen LogP) is 2.25. The van der Waals surface area contributed by atoms with Crippen molar-refractivity contribution in [2.75, 3.05) is 19.6 Å². The number of carbonyl (C=O) groups is 1. The Bertz CT molecular complexity index is 373. The molecule has 3 fully saturated rings. The highest BCUT2D eigenvalue weighted by Gasteiger charge is 2.32. The van der Waals surface area contributed by atoms with E-state index in [9.17, 15) is 4.79 Å². The number of ether oxygens (including phenoxy) is 1. The number of rotatable bonds is 4. The summed E-state index contributed by atoms with van der Waals surface area (Å²) in [6, 6.07) is 1.13. The number of likely N-dealkylation sites (tertiary alicyclic amines) is 1. The van der Waals surface area contributed by atoms with Crippen LogP contribution in [0.4, 0.5) is 0 Å². The summed E-state index contributed by atoms with van der Waals surface area (Å²) in [4.78, 5) is 14.9. The van der Waals surface area contributed by atoms with Crippen LogP contribution in [0.1, 0.15) is 57.8 Å². The van der Waals surface area contributed by atoms with Crippen molar-refractivity contribution in [1.82, 2.24) is 10.2 Å². The molecule has 1 amide bonds. The van der Waals surface area contributed by atoms with Gasteiger partial charge in [-0.25, -0.2) is 0 Å². The molecule has 1 saturated carbocycles. The fourth-order valence-corrected chi connectivity index (χ4v) is 4.22. The van der Waals surface area contributed by atoms with E-state index in [0.29, 0.717) is 12.6 Å². The standard InChI is InChI=1S/C17H31N3O2.2ClH/c18-12-15-6-7-16(22-15)17(21)19-13-8-10-20(11-9-13)14-4-2-1-3-5-14;;/h13-16H,1-12,18H2,(H,19,21);2*1H/t15-,16+;;/m1../s1. The van der Waals surface area contributed by atoms with Gasteiger partial charge in [-0.05, 0) is 38.5 Å². The van der Waals surface area contributed by atoms with Gasteiger partial charge < -0.3 is 20.7 Å². The number of hydrogen-bond donors (Lipinski definition) is 2. The Kier molecular flexibility index (Phi) is 9.90. The van der Waals surface area contributed by atoms with Crippen molar-refractivity contribution in [1.29, 1.82) is 0 Å². The number of nitrogens with one attached hydrogen (secondary N) is 1. The smallest absolute Gasteiger partial charge is 0.249 e. The van der Waals surface area contributed by atoms with Crippen molar-refractivity contribution in [3.8, 4) is 0 Å². The van der Waals surface area contributed by atoms with E-state index >= 15 is 0 Å². The fourth-order valence-electron chi connectivity index (χ4n) is 4.22. The van der Waals surface area contributed by atoms with E-state index in [2.05, 4.69) is 10.2 Å². The average molecular weight is 382 g/mol. The fraction of sp³-hybridized carbons (Fsp3) is 0.941. The summed E-state index contributed by atoms with van der Waals surface area (Å²) >= 11 is 0. The van der Waals surface area contributed by atoms with Gasteiger partial charge in [-0.2, -0.15) is 0 Å². The molecule has 0 aromatic carbocycles. The summed E-state index contributed by atoms with van der Waals surface area (Å²) in [5, 5.41) is 3.20. The molecule has 5 nitrogen and oxygen atoms in total. The van der Waals surface area contributed by atoms with E-state index in [0.717, 1.165) is 44.8 Å². The van der Waals surface area contributed by atoms with Crippen LogP contribution in [-0.4, -0.2) is 54.7 Å². The van der Waals surface area contributed by atoms with Crippen LogP contribution in [0.5, 0.6) is 0 Å². The predicted molar refractivity (Wildman–Crippen MR) is 101 cm³/mol. The summed E-state index contributed by atoms with van der Waals surface area (Å²) in [6.07, 6.45) is 10.6. The van der Waals surface area contributed by atoms with Crippen LogP contribution >= 0.6 is 24.8 Å².